The molecule has 14 heavy (non-hydrogen) atoms. The van der Waals surface area contributed by atoms with Crippen LogP contribution in [-0.4, -0.2) is 11.7 Å². The molecule has 0 spiro atoms. The minimum Gasteiger partial charge on any atom is -0.492 e. The van der Waals surface area contributed by atoms with Crippen LogP contribution in [0.2, 0.25) is 5.02 Å². The second-order valence-corrected chi connectivity index (χ2v) is 3.15. The number of terminal acetylenes is 1. The topological polar surface area (TPSA) is 29.5 Å². The summed E-state index contributed by atoms with van der Waals surface area (Å²) in [7, 11) is 0. The van der Waals surface area contributed by atoms with E-state index in [1.807, 2.05) is 0 Å². The van der Waals surface area contributed by atoms with Gasteiger partial charge in [-0.15, -0.1) is 12.3 Å². The highest BCUT2D eigenvalue weighted by molar-refractivity contribution is 6.30. The normalized spacial score (nSPS) is 9.50. The molecule has 0 fully saturated rings. The number of halogens is 1. The van der Waals surface area contributed by atoms with Gasteiger partial charge < -0.3 is 9.84 Å². The zero-order chi connectivity index (χ0) is 10.4. The van der Waals surface area contributed by atoms with E-state index in [-0.39, 0.29) is 6.61 Å². The molecule has 0 heterocycles. The van der Waals surface area contributed by atoms with Gasteiger partial charge in [-0.25, -0.2) is 0 Å². The van der Waals surface area contributed by atoms with Crippen LogP contribution in [0.5, 0.6) is 5.75 Å². The third-order valence-electron chi connectivity index (χ3n) is 1.70. The lowest BCUT2D eigenvalue weighted by molar-refractivity contribution is 0.265. The molecule has 3 heteroatoms. The van der Waals surface area contributed by atoms with Gasteiger partial charge in [-0.3, -0.25) is 0 Å². The van der Waals surface area contributed by atoms with E-state index in [0.29, 0.717) is 29.4 Å². The molecule has 1 aromatic carbocycles. The maximum absolute atomic E-state index is 9.02. The summed E-state index contributed by atoms with van der Waals surface area (Å²) in [6.07, 6.45) is 5.64. The zero-order valence-electron chi connectivity index (χ0n) is 7.66. The van der Waals surface area contributed by atoms with E-state index in [9.17, 15) is 0 Å². The van der Waals surface area contributed by atoms with Crippen LogP contribution in [0, 0.1) is 12.3 Å². The smallest absolute Gasteiger partial charge is 0.124 e. The van der Waals surface area contributed by atoms with Crippen molar-refractivity contribution in [2.45, 2.75) is 13.0 Å². The van der Waals surface area contributed by atoms with Crippen LogP contribution in [0.25, 0.3) is 0 Å². The van der Waals surface area contributed by atoms with Crippen molar-refractivity contribution in [2.75, 3.05) is 6.61 Å². The molecule has 1 aromatic rings. The fourth-order valence-electron chi connectivity index (χ4n) is 1.03. The fraction of sp³-hybridized carbons (Fsp3) is 0.273. The molecule has 0 bridgehead atoms. The second kappa shape index (κ2) is 5.54. The number of ether oxygens (including phenoxy) is 1. The first-order valence-corrected chi connectivity index (χ1v) is 4.61. The Kier molecular flexibility index (Phi) is 4.31. The van der Waals surface area contributed by atoms with Crippen LogP contribution in [0.1, 0.15) is 12.0 Å². The molecule has 74 valence electrons. The van der Waals surface area contributed by atoms with Crippen LogP contribution in [0.3, 0.4) is 0 Å². The van der Waals surface area contributed by atoms with E-state index >= 15 is 0 Å². The Morgan fingerprint density at radius 2 is 2.29 bits per heavy atom. The van der Waals surface area contributed by atoms with E-state index in [1.54, 1.807) is 18.2 Å². The molecule has 2 nitrogen and oxygen atoms in total. The average molecular weight is 211 g/mol. The predicted molar refractivity (Wildman–Crippen MR) is 56.3 cm³/mol. The summed E-state index contributed by atoms with van der Waals surface area (Å²) in [6, 6.07) is 5.11. The number of aliphatic hydroxyl groups excluding tert-OH is 1. The van der Waals surface area contributed by atoms with Gasteiger partial charge in [-0.05, 0) is 18.2 Å². The summed E-state index contributed by atoms with van der Waals surface area (Å²) < 4.78 is 5.36. The minimum atomic E-state index is -0.0913. The van der Waals surface area contributed by atoms with Gasteiger partial charge in [-0.1, -0.05) is 11.6 Å². The van der Waals surface area contributed by atoms with E-state index in [2.05, 4.69) is 5.92 Å². The molecule has 0 aromatic heterocycles. The Morgan fingerprint density at radius 3 is 2.93 bits per heavy atom. The lowest BCUT2D eigenvalue weighted by Gasteiger charge is -2.08. The van der Waals surface area contributed by atoms with Crippen LogP contribution in [0.4, 0.5) is 0 Å². The zero-order valence-corrected chi connectivity index (χ0v) is 8.42. The Balaban J connectivity index is 2.71. The molecule has 0 saturated carbocycles. The molecule has 0 aliphatic carbocycles. The molecular formula is C11H11ClO2. The van der Waals surface area contributed by atoms with Crippen LogP contribution in [0.15, 0.2) is 18.2 Å². The molecule has 0 amide bonds. The first-order valence-electron chi connectivity index (χ1n) is 4.23. The van der Waals surface area contributed by atoms with Crippen molar-refractivity contribution in [2.24, 2.45) is 0 Å². The van der Waals surface area contributed by atoms with Gasteiger partial charge in [-0.2, -0.15) is 0 Å². The average Bonchev–Trinajstić information content (AvgIpc) is 2.20. The van der Waals surface area contributed by atoms with Gasteiger partial charge in [0, 0.05) is 17.0 Å². The monoisotopic (exact) mass is 210 g/mol. The van der Waals surface area contributed by atoms with Gasteiger partial charge in [0.1, 0.15) is 5.75 Å². The Bertz CT molecular complexity index is 342. The maximum atomic E-state index is 9.02. The van der Waals surface area contributed by atoms with Crippen molar-refractivity contribution in [3.63, 3.8) is 0 Å². The van der Waals surface area contributed by atoms with Crippen molar-refractivity contribution < 1.29 is 9.84 Å². The van der Waals surface area contributed by atoms with Gasteiger partial charge >= 0.3 is 0 Å². The molecule has 0 radical (unpaired) electrons. The van der Waals surface area contributed by atoms with Crippen molar-refractivity contribution in [1.82, 2.24) is 0 Å². The van der Waals surface area contributed by atoms with Crippen molar-refractivity contribution >= 4 is 11.6 Å². The van der Waals surface area contributed by atoms with Crippen molar-refractivity contribution in [1.29, 1.82) is 0 Å². The first-order chi connectivity index (χ1) is 6.77. The Hall–Kier alpha value is -1.17. The minimum absolute atomic E-state index is 0.0913. The van der Waals surface area contributed by atoms with Gasteiger partial charge in [0.25, 0.3) is 0 Å². The molecule has 1 N–H and O–H groups in total. The van der Waals surface area contributed by atoms with Crippen molar-refractivity contribution in [3.05, 3.63) is 28.8 Å². The quantitative estimate of drug-likeness (QED) is 0.610. The molecule has 0 unspecified atom stereocenters. The van der Waals surface area contributed by atoms with Gasteiger partial charge in [0.2, 0.25) is 0 Å². The second-order valence-electron chi connectivity index (χ2n) is 2.71. The number of aliphatic hydroxyl groups is 1. The fourth-order valence-corrected chi connectivity index (χ4v) is 1.23. The van der Waals surface area contributed by atoms with Gasteiger partial charge in [0.05, 0.1) is 13.2 Å². The summed E-state index contributed by atoms with van der Waals surface area (Å²) in [5, 5.41) is 9.60. The predicted octanol–water partition coefficient (Wildman–Crippen LogP) is 2.23. The van der Waals surface area contributed by atoms with Crippen LogP contribution < -0.4 is 4.74 Å². The molecular weight excluding hydrogens is 200 g/mol. The Labute approximate surface area is 88.5 Å². The molecule has 0 atom stereocenters. The van der Waals surface area contributed by atoms with Crippen LogP contribution in [-0.2, 0) is 6.61 Å². The summed E-state index contributed by atoms with van der Waals surface area (Å²) in [4.78, 5) is 0. The number of hydrogen-bond acceptors (Lipinski definition) is 2. The lowest BCUT2D eigenvalue weighted by Crippen LogP contribution is -1.99. The molecule has 0 aliphatic heterocycles. The molecule has 1 rings (SSSR count). The first kappa shape index (κ1) is 10.9. The number of benzene rings is 1. The van der Waals surface area contributed by atoms with E-state index in [0.717, 1.165) is 0 Å². The number of hydrogen-bond donors (Lipinski definition) is 1. The van der Waals surface area contributed by atoms with Gasteiger partial charge in [0.15, 0.2) is 0 Å². The summed E-state index contributed by atoms with van der Waals surface area (Å²) in [6.45, 7) is 0.358. The highest BCUT2D eigenvalue weighted by Gasteiger charge is 2.02. The summed E-state index contributed by atoms with van der Waals surface area (Å²) in [5.74, 6) is 3.10. The standard InChI is InChI=1S/C11H11ClO2/c1-2-3-6-14-11-5-4-10(12)7-9(11)8-13/h1,4-5,7,13H,3,6,8H2. The van der Waals surface area contributed by atoms with E-state index < -0.39 is 0 Å². The third-order valence-corrected chi connectivity index (χ3v) is 1.93. The van der Waals surface area contributed by atoms with Crippen molar-refractivity contribution in [3.8, 4) is 18.1 Å². The van der Waals surface area contributed by atoms with E-state index in [1.165, 1.54) is 0 Å². The Morgan fingerprint density at radius 1 is 1.50 bits per heavy atom. The highest BCUT2D eigenvalue weighted by atomic mass is 35.5. The van der Waals surface area contributed by atoms with E-state index in [4.69, 9.17) is 27.9 Å². The SMILES string of the molecule is C#CCCOc1ccc(Cl)cc1CO. The largest absolute Gasteiger partial charge is 0.492 e. The summed E-state index contributed by atoms with van der Waals surface area (Å²) in [5.41, 5.74) is 0.675. The lowest BCUT2D eigenvalue weighted by atomic mass is 10.2. The summed E-state index contributed by atoms with van der Waals surface area (Å²) >= 11 is 5.76. The number of rotatable bonds is 4. The molecule has 0 aliphatic rings. The molecule has 0 saturated heterocycles. The van der Waals surface area contributed by atoms with Crippen LogP contribution >= 0.6 is 11.6 Å². The third kappa shape index (κ3) is 2.95. The maximum Gasteiger partial charge on any atom is 0.124 e. The highest BCUT2D eigenvalue weighted by Crippen LogP contribution is 2.22.